The lowest BCUT2D eigenvalue weighted by atomic mass is 9.93. The monoisotopic (exact) mass is 698 g/mol. The van der Waals surface area contributed by atoms with Gasteiger partial charge in [-0.1, -0.05) is 37.1 Å². The highest BCUT2D eigenvalue weighted by Gasteiger charge is 2.61. The second-order valence-electron chi connectivity index (χ2n) is 14.1. The minimum absolute atomic E-state index is 0.0766. The molecular weight excluding hydrogens is 651 g/mol. The number of rotatable bonds is 6. The van der Waals surface area contributed by atoms with Crippen LogP contribution in [-0.4, -0.2) is 102 Å². The molecule has 0 radical (unpaired) electrons. The smallest absolute Gasteiger partial charge is 0.410 e. The number of nitrogens with zero attached hydrogens (tertiary/aromatic N) is 2. The van der Waals surface area contributed by atoms with Crippen LogP contribution in [0.25, 0.3) is 0 Å². The molecule has 3 aliphatic heterocycles. The third kappa shape index (κ3) is 7.59. The van der Waals surface area contributed by atoms with Crippen LogP contribution in [0.15, 0.2) is 30.4 Å². The van der Waals surface area contributed by atoms with Crippen molar-refractivity contribution in [3.63, 3.8) is 0 Å². The lowest BCUT2D eigenvalue weighted by Crippen LogP contribution is -2.56. The predicted molar refractivity (Wildman–Crippen MR) is 176 cm³/mol. The first-order chi connectivity index (χ1) is 24.1. The summed E-state index contributed by atoms with van der Waals surface area (Å²) in [6.07, 6.45) is 8.33. The largest absolute Gasteiger partial charge is 0.479 e. The van der Waals surface area contributed by atoms with Crippen LogP contribution in [0.1, 0.15) is 87.8 Å². The molecule has 1 aromatic carbocycles. The summed E-state index contributed by atoms with van der Waals surface area (Å²) < 4.78 is 31.6. The number of hydrogen-bond acceptors (Lipinski definition) is 8. The maximum Gasteiger partial charge on any atom is 0.410 e. The van der Waals surface area contributed by atoms with E-state index in [0.29, 0.717) is 24.0 Å². The van der Waals surface area contributed by atoms with Crippen LogP contribution in [0.3, 0.4) is 0 Å². The summed E-state index contributed by atoms with van der Waals surface area (Å²) in [7, 11) is 1.49. The van der Waals surface area contributed by atoms with E-state index in [1.54, 1.807) is 12.1 Å². The number of carbonyl (C=O) groups excluding carboxylic acids is 4. The summed E-state index contributed by atoms with van der Waals surface area (Å²) in [5.74, 6) is -3.11. The number of fused-ring (bicyclic) bond motifs is 3. The topological polar surface area (TPSA) is 164 Å². The quantitative estimate of drug-likeness (QED) is 0.373. The third-order valence-electron chi connectivity index (χ3n) is 10.8. The number of allylic oxidation sites excluding steroid dienone is 1. The third-order valence-corrected chi connectivity index (χ3v) is 10.8. The van der Waals surface area contributed by atoms with E-state index in [2.05, 4.69) is 10.6 Å². The molecule has 14 heteroatoms. The molecule has 1 aromatic rings. The zero-order valence-electron chi connectivity index (χ0n) is 28.4. The first kappa shape index (κ1) is 35.6. The predicted octanol–water partition coefficient (Wildman–Crippen LogP) is 3.99. The number of halogens is 1. The van der Waals surface area contributed by atoms with E-state index in [1.165, 1.54) is 23.0 Å². The van der Waals surface area contributed by atoms with Gasteiger partial charge in [0.25, 0.3) is 0 Å². The Hall–Kier alpha value is -4.20. The number of hydrogen-bond donors (Lipinski definition) is 3. The van der Waals surface area contributed by atoms with Crippen molar-refractivity contribution < 1.29 is 47.7 Å². The van der Waals surface area contributed by atoms with E-state index in [0.717, 1.165) is 44.9 Å². The molecule has 0 bridgehead atoms. The molecule has 0 aromatic heterocycles. The minimum atomic E-state index is -1.50. The summed E-state index contributed by atoms with van der Waals surface area (Å²) >= 11 is 0. The maximum absolute atomic E-state index is 14.6. The zero-order chi connectivity index (χ0) is 35.4. The summed E-state index contributed by atoms with van der Waals surface area (Å²) in [6, 6.07) is 1.93. The van der Waals surface area contributed by atoms with Gasteiger partial charge >= 0.3 is 18.2 Å². The van der Waals surface area contributed by atoms with Gasteiger partial charge in [-0.15, -0.1) is 0 Å². The Balaban J connectivity index is 1.23. The fourth-order valence-electron chi connectivity index (χ4n) is 7.95. The number of nitrogens with one attached hydrogen (secondary N) is 2. The summed E-state index contributed by atoms with van der Waals surface area (Å²) in [4.78, 5) is 70.0. The van der Waals surface area contributed by atoms with E-state index < -0.39 is 65.7 Å². The lowest BCUT2D eigenvalue weighted by Gasteiger charge is -2.36. The van der Waals surface area contributed by atoms with E-state index in [-0.39, 0.29) is 50.9 Å². The number of benzene rings is 1. The Kier molecular flexibility index (Phi) is 10.9. The summed E-state index contributed by atoms with van der Waals surface area (Å²) in [5.41, 5.74) is -0.364. The van der Waals surface area contributed by atoms with Crippen molar-refractivity contribution in [3.05, 3.63) is 47.3 Å². The Morgan fingerprint density at radius 2 is 1.84 bits per heavy atom. The molecule has 3 fully saturated rings. The molecule has 3 heterocycles. The highest BCUT2D eigenvalue weighted by molar-refractivity contribution is 5.96. The molecule has 4 amide bonds. The van der Waals surface area contributed by atoms with Crippen LogP contribution in [0.2, 0.25) is 0 Å². The molecule has 2 aliphatic carbocycles. The van der Waals surface area contributed by atoms with E-state index >= 15 is 0 Å². The molecule has 5 aliphatic rings. The zero-order valence-corrected chi connectivity index (χ0v) is 28.4. The van der Waals surface area contributed by atoms with Crippen LogP contribution >= 0.6 is 0 Å². The van der Waals surface area contributed by atoms with Crippen molar-refractivity contribution in [1.29, 1.82) is 0 Å². The van der Waals surface area contributed by atoms with Crippen molar-refractivity contribution in [3.8, 4) is 0 Å². The summed E-state index contributed by atoms with van der Waals surface area (Å²) in [5, 5.41) is 15.6. The van der Waals surface area contributed by atoms with Gasteiger partial charge in [0.15, 0.2) is 0 Å². The van der Waals surface area contributed by atoms with Gasteiger partial charge in [-0.2, -0.15) is 0 Å². The average Bonchev–Trinajstić information content (AvgIpc) is 3.35. The SMILES string of the molecule is COCC1c2cccc(F)c2CCN1C(=O)O[C@@H]1CC2C(=O)N[C@]3(C(=O)O)C[C@@H]3/C=C\CCCCC[C@H](NC(=O)OC3CCCC3)C(=O)N2C1. The number of carboxylic acids is 1. The number of ether oxygens (including phenoxy) is 3. The number of alkyl carbamates (subject to hydrolysis) is 1. The lowest BCUT2D eigenvalue weighted by molar-refractivity contribution is -0.145. The molecule has 272 valence electrons. The van der Waals surface area contributed by atoms with Crippen molar-refractivity contribution in [2.45, 2.75) is 113 Å². The van der Waals surface area contributed by atoms with Crippen LogP contribution < -0.4 is 10.6 Å². The molecule has 13 nitrogen and oxygen atoms in total. The average molecular weight is 699 g/mol. The van der Waals surface area contributed by atoms with Crippen LogP contribution in [-0.2, 0) is 35.0 Å². The van der Waals surface area contributed by atoms with Gasteiger partial charge in [0.05, 0.1) is 19.2 Å². The minimum Gasteiger partial charge on any atom is -0.479 e. The Bertz CT molecular complexity index is 1500. The standard InChI is InChI=1S/C36H47FN4O9/c1-48-21-30-26-13-9-14-27(37)25(26)16-17-40(30)35(47)50-24-18-29-31(42)39-36(33(44)45)19-22(36)10-5-3-2-4-6-15-28(32(43)41(29)20-24)38-34(46)49-23-11-7-8-12-23/h5,9-10,13-14,22-24,28-30H,2-4,6-8,11-12,15-21H2,1H3,(H,38,46)(H,39,42)(H,44,45)/b10-5-/t22-,24+,28-,29?,30?,36+/m0/s1. The van der Waals surface area contributed by atoms with Gasteiger partial charge in [0.1, 0.15) is 35.6 Å². The van der Waals surface area contributed by atoms with Gasteiger partial charge in [-0.3, -0.25) is 14.5 Å². The molecule has 6 atom stereocenters. The highest BCUT2D eigenvalue weighted by atomic mass is 19.1. The van der Waals surface area contributed by atoms with Gasteiger partial charge in [0, 0.05) is 26.0 Å². The van der Waals surface area contributed by atoms with E-state index in [1.807, 2.05) is 12.2 Å². The summed E-state index contributed by atoms with van der Waals surface area (Å²) in [6.45, 7) is 0.129. The Morgan fingerprint density at radius 1 is 1.06 bits per heavy atom. The fraction of sp³-hybridized carbons (Fsp3) is 0.639. The van der Waals surface area contributed by atoms with Crippen LogP contribution in [0.4, 0.5) is 14.0 Å². The molecule has 6 rings (SSSR count). The van der Waals surface area contributed by atoms with Gasteiger partial charge in [-0.05, 0) is 75.0 Å². The van der Waals surface area contributed by atoms with Crippen LogP contribution in [0.5, 0.6) is 0 Å². The number of methoxy groups -OCH3 is 1. The van der Waals surface area contributed by atoms with Crippen molar-refractivity contribution in [2.24, 2.45) is 5.92 Å². The molecular formula is C36H47FN4O9. The van der Waals surface area contributed by atoms with E-state index in [9.17, 15) is 33.5 Å². The molecule has 1 saturated heterocycles. The second-order valence-corrected chi connectivity index (χ2v) is 14.1. The Labute approximate surface area is 290 Å². The van der Waals surface area contributed by atoms with Gasteiger partial charge in [-0.25, -0.2) is 18.8 Å². The fourth-order valence-corrected chi connectivity index (χ4v) is 7.95. The van der Waals surface area contributed by atoms with Crippen LogP contribution in [0, 0.1) is 11.7 Å². The Morgan fingerprint density at radius 3 is 2.60 bits per heavy atom. The number of carbonyl (C=O) groups is 5. The molecule has 50 heavy (non-hydrogen) atoms. The first-order valence-corrected chi connectivity index (χ1v) is 17.8. The number of amides is 4. The van der Waals surface area contributed by atoms with Crippen molar-refractivity contribution in [2.75, 3.05) is 26.8 Å². The maximum atomic E-state index is 14.6. The van der Waals surface area contributed by atoms with Gasteiger partial charge < -0.3 is 34.9 Å². The van der Waals surface area contributed by atoms with Crippen molar-refractivity contribution >= 4 is 30.0 Å². The van der Waals surface area contributed by atoms with E-state index in [4.69, 9.17) is 14.2 Å². The molecule has 2 unspecified atom stereocenters. The number of carboxylic acid groups (broad SMARTS) is 1. The first-order valence-electron chi connectivity index (χ1n) is 17.8. The molecule has 0 spiro atoms. The molecule has 2 saturated carbocycles. The van der Waals surface area contributed by atoms with Crippen molar-refractivity contribution in [1.82, 2.24) is 20.4 Å². The second kappa shape index (κ2) is 15.4. The highest BCUT2D eigenvalue weighted by Crippen LogP contribution is 2.45. The molecule has 3 N–H and O–H groups in total. The normalized spacial score (nSPS) is 30.9. The number of aliphatic carboxylic acids is 1. The van der Waals surface area contributed by atoms with Gasteiger partial charge in [0.2, 0.25) is 11.8 Å².